The van der Waals surface area contributed by atoms with Gasteiger partial charge >= 0.3 is 0 Å². The molecule has 4 nitrogen and oxygen atoms in total. The average molecular weight is 286 g/mol. The molecule has 0 unspecified atom stereocenters. The third-order valence-corrected chi connectivity index (χ3v) is 3.67. The fourth-order valence-electron chi connectivity index (χ4n) is 2.26. The Morgan fingerprint density at radius 3 is 2.14 bits per heavy atom. The predicted molar refractivity (Wildman–Crippen MR) is 83.9 cm³/mol. The van der Waals surface area contributed by atoms with Crippen LogP contribution in [0.25, 0.3) is 0 Å². The van der Waals surface area contributed by atoms with E-state index in [1.54, 1.807) is 25.8 Å². The smallest absolute Gasteiger partial charge is 0.263 e. The van der Waals surface area contributed by atoms with Crippen LogP contribution in [0.4, 0.5) is 5.69 Å². The number of hydrogen-bond acceptors (Lipinski definition) is 3. The summed E-state index contributed by atoms with van der Waals surface area (Å²) in [6.07, 6.45) is 0. The van der Waals surface area contributed by atoms with Crippen LogP contribution >= 0.6 is 0 Å². The number of carbonyl (C=O) groups excluding carboxylic acids is 1. The Bertz CT molecular complexity index is 629. The highest BCUT2D eigenvalue weighted by Crippen LogP contribution is 2.25. The fraction of sp³-hybridized carbons (Fsp3) is 0.412. The minimum Gasteiger partial charge on any atom is -0.361 e. The summed E-state index contributed by atoms with van der Waals surface area (Å²) in [4.78, 5) is 14.2. The maximum Gasteiger partial charge on any atom is 0.263 e. The summed E-state index contributed by atoms with van der Waals surface area (Å²) in [6.45, 7) is 10.0. The van der Waals surface area contributed by atoms with Gasteiger partial charge in [-0.25, -0.2) is 0 Å². The Morgan fingerprint density at radius 2 is 1.71 bits per heavy atom. The molecule has 0 aliphatic rings. The molecule has 0 fully saturated rings. The number of aromatic nitrogens is 1. The molecular weight excluding hydrogens is 264 g/mol. The maximum atomic E-state index is 12.6. The van der Waals surface area contributed by atoms with E-state index in [1.165, 1.54) is 5.56 Å². The first-order chi connectivity index (χ1) is 9.71. The lowest BCUT2D eigenvalue weighted by Gasteiger charge is -2.21. The molecule has 0 spiro atoms. The van der Waals surface area contributed by atoms with Gasteiger partial charge in [0, 0.05) is 12.7 Å². The van der Waals surface area contributed by atoms with E-state index < -0.39 is 0 Å². The highest BCUT2D eigenvalue weighted by atomic mass is 16.5. The number of nitrogens with zero attached hydrogens (tertiary/aromatic N) is 2. The quantitative estimate of drug-likeness (QED) is 0.842. The number of anilines is 1. The normalized spacial score (nSPS) is 11.5. The number of carbonyl (C=O) groups is 1. The lowest BCUT2D eigenvalue weighted by Crippen LogP contribution is -2.27. The van der Waals surface area contributed by atoms with Gasteiger partial charge in [0.15, 0.2) is 0 Å². The lowest BCUT2D eigenvalue weighted by atomic mass is 9.87. The van der Waals surface area contributed by atoms with Gasteiger partial charge in [-0.1, -0.05) is 38.1 Å². The summed E-state index contributed by atoms with van der Waals surface area (Å²) in [5.41, 5.74) is 3.36. The number of amides is 1. The molecule has 21 heavy (non-hydrogen) atoms. The monoisotopic (exact) mass is 286 g/mol. The molecule has 0 atom stereocenters. The molecule has 1 aromatic carbocycles. The van der Waals surface area contributed by atoms with Gasteiger partial charge in [-0.3, -0.25) is 4.79 Å². The van der Waals surface area contributed by atoms with Gasteiger partial charge < -0.3 is 9.42 Å². The van der Waals surface area contributed by atoms with Crippen LogP contribution in [0.15, 0.2) is 28.8 Å². The molecule has 0 saturated carbocycles. The lowest BCUT2D eigenvalue weighted by molar-refractivity contribution is 0.0991. The number of benzene rings is 1. The van der Waals surface area contributed by atoms with E-state index in [0.29, 0.717) is 17.0 Å². The topological polar surface area (TPSA) is 46.3 Å². The summed E-state index contributed by atoms with van der Waals surface area (Å²) < 4.78 is 5.07. The third-order valence-electron chi connectivity index (χ3n) is 3.67. The highest BCUT2D eigenvalue weighted by molar-refractivity contribution is 6.07. The van der Waals surface area contributed by atoms with Crippen LogP contribution in [-0.2, 0) is 5.41 Å². The van der Waals surface area contributed by atoms with Crippen LogP contribution in [0.1, 0.15) is 48.1 Å². The van der Waals surface area contributed by atoms with Gasteiger partial charge in [0.1, 0.15) is 11.3 Å². The molecule has 0 aliphatic heterocycles. The number of rotatable bonds is 2. The molecule has 0 N–H and O–H groups in total. The van der Waals surface area contributed by atoms with Gasteiger partial charge in [0.25, 0.3) is 5.91 Å². The van der Waals surface area contributed by atoms with Crippen molar-refractivity contribution in [3.63, 3.8) is 0 Å². The van der Waals surface area contributed by atoms with Gasteiger partial charge in [-0.15, -0.1) is 0 Å². The van der Waals surface area contributed by atoms with E-state index in [2.05, 4.69) is 38.1 Å². The Balaban J connectivity index is 2.28. The second kappa shape index (κ2) is 5.35. The highest BCUT2D eigenvalue weighted by Gasteiger charge is 2.22. The number of hydrogen-bond donors (Lipinski definition) is 0. The molecule has 4 heteroatoms. The summed E-state index contributed by atoms with van der Waals surface area (Å²) >= 11 is 0. The van der Waals surface area contributed by atoms with E-state index in [0.717, 1.165) is 5.69 Å². The fourth-order valence-corrected chi connectivity index (χ4v) is 2.26. The molecule has 1 amide bonds. The molecule has 112 valence electrons. The summed E-state index contributed by atoms with van der Waals surface area (Å²) in [6, 6.07) is 8.06. The Kier molecular flexibility index (Phi) is 3.90. The van der Waals surface area contributed by atoms with Crippen molar-refractivity contribution in [1.82, 2.24) is 5.16 Å². The largest absolute Gasteiger partial charge is 0.361 e. The van der Waals surface area contributed by atoms with Gasteiger partial charge in [0.2, 0.25) is 0 Å². The predicted octanol–water partition coefficient (Wildman–Crippen LogP) is 3.87. The second-order valence-electron chi connectivity index (χ2n) is 6.36. The zero-order chi connectivity index (χ0) is 15.8. The van der Waals surface area contributed by atoms with Crippen molar-refractivity contribution in [2.24, 2.45) is 0 Å². The van der Waals surface area contributed by atoms with Crippen molar-refractivity contribution in [2.45, 2.75) is 40.0 Å². The average Bonchev–Trinajstić information content (AvgIpc) is 2.76. The van der Waals surface area contributed by atoms with Crippen LogP contribution < -0.4 is 4.90 Å². The Labute approximate surface area is 125 Å². The van der Waals surface area contributed by atoms with Crippen molar-refractivity contribution < 1.29 is 9.32 Å². The molecule has 0 bridgehead atoms. The Hall–Kier alpha value is -2.10. The molecule has 2 aromatic rings. The molecule has 1 aromatic heterocycles. The first-order valence-corrected chi connectivity index (χ1v) is 7.03. The third kappa shape index (κ3) is 2.99. The van der Waals surface area contributed by atoms with Crippen molar-refractivity contribution in [1.29, 1.82) is 0 Å². The maximum absolute atomic E-state index is 12.6. The van der Waals surface area contributed by atoms with Crippen molar-refractivity contribution >= 4 is 11.6 Å². The molecule has 0 saturated heterocycles. The first kappa shape index (κ1) is 15.3. The molecule has 0 radical (unpaired) electrons. The van der Waals surface area contributed by atoms with Crippen molar-refractivity contribution in [2.75, 3.05) is 11.9 Å². The molecule has 0 aliphatic carbocycles. The van der Waals surface area contributed by atoms with Gasteiger partial charge in [-0.05, 0) is 37.0 Å². The van der Waals surface area contributed by atoms with Crippen LogP contribution in [0.5, 0.6) is 0 Å². The molecule has 2 rings (SSSR count). The standard InChI is InChI=1S/C17H22N2O2/c1-11-15(12(2)21-18-11)16(20)19(6)14-9-7-13(8-10-14)17(3,4)5/h7-10H,1-6H3. The summed E-state index contributed by atoms with van der Waals surface area (Å²) in [5.74, 6) is 0.449. The van der Waals surface area contributed by atoms with Crippen LogP contribution in [-0.4, -0.2) is 18.1 Å². The minimum atomic E-state index is -0.102. The molecular formula is C17H22N2O2. The SMILES string of the molecule is Cc1noc(C)c1C(=O)N(C)c1ccc(C(C)(C)C)cc1. The molecule has 1 heterocycles. The van der Waals surface area contributed by atoms with Gasteiger partial charge in [0.05, 0.1) is 5.69 Å². The summed E-state index contributed by atoms with van der Waals surface area (Å²) in [5, 5.41) is 3.84. The van der Waals surface area contributed by atoms with E-state index >= 15 is 0 Å². The van der Waals surface area contributed by atoms with Crippen molar-refractivity contribution in [3.05, 3.63) is 46.8 Å². The van der Waals surface area contributed by atoms with E-state index in [-0.39, 0.29) is 11.3 Å². The van der Waals surface area contributed by atoms with Crippen LogP contribution in [0.2, 0.25) is 0 Å². The Morgan fingerprint density at radius 1 is 1.14 bits per heavy atom. The van der Waals surface area contributed by atoms with Gasteiger partial charge in [-0.2, -0.15) is 0 Å². The zero-order valence-corrected chi connectivity index (χ0v) is 13.5. The van der Waals surface area contributed by atoms with Crippen LogP contribution in [0, 0.1) is 13.8 Å². The van der Waals surface area contributed by atoms with E-state index in [4.69, 9.17) is 4.52 Å². The summed E-state index contributed by atoms with van der Waals surface area (Å²) in [7, 11) is 1.76. The first-order valence-electron chi connectivity index (χ1n) is 7.03. The second-order valence-corrected chi connectivity index (χ2v) is 6.36. The van der Waals surface area contributed by atoms with Crippen LogP contribution in [0.3, 0.4) is 0 Å². The van der Waals surface area contributed by atoms with E-state index in [1.807, 2.05) is 12.1 Å². The zero-order valence-electron chi connectivity index (χ0n) is 13.5. The van der Waals surface area contributed by atoms with E-state index in [9.17, 15) is 4.79 Å². The number of aryl methyl sites for hydroxylation is 2. The minimum absolute atomic E-state index is 0.1000. The van der Waals surface area contributed by atoms with Crippen molar-refractivity contribution in [3.8, 4) is 0 Å².